The van der Waals surface area contributed by atoms with E-state index in [0.29, 0.717) is 5.96 Å². The molecule has 0 atom stereocenters. The summed E-state index contributed by atoms with van der Waals surface area (Å²) >= 11 is 0. The van der Waals surface area contributed by atoms with E-state index >= 15 is 0 Å². The molecule has 3 rings (SSSR count). The lowest BCUT2D eigenvalue weighted by molar-refractivity contribution is 0.354. The van der Waals surface area contributed by atoms with Crippen LogP contribution in [-0.2, 0) is 11.8 Å². The zero-order chi connectivity index (χ0) is 18.4. The van der Waals surface area contributed by atoms with E-state index in [4.69, 9.17) is 15.2 Å². The van der Waals surface area contributed by atoms with Crippen molar-refractivity contribution < 1.29 is 9.47 Å². The SMILES string of the molecule is COc1ccc(CCNC(N)=NCC2(c3ccccc3)CC2)cc1OC. The molecule has 0 amide bonds. The lowest BCUT2D eigenvalue weighted by Gasteiger charge is -2.14. The van der Waals surface area contributed by atoms with E-state index in [1.54, 1.807) is 14.2 Å². The minimum atomic E-state index is 0.191. The number of ether oxygens (including phenoxy) is 2. The third-order valence-corrected chi connectivity index (χ3v) is 4.96. The van der Waals surface area contributed by atoms with Gasteiger partial charge in [-0.05, 0) is 42.5 Å². The maximum absolute atomic E-state index is 6.05. The molecule has 0 spiro atoms. The van der Waals surface area contributed by atoms with Crippen LogP contribution in [0.3, 0.4) is 0 Å². The maximum atomic E-state index is 6.05. The molecule has 3 N–H and O–H groups in total. The number of nitrogens with two attached hydrogens (primary N) is 1. The largest absolute Gasteiger partial charge is 0.493 e. The van der Waals surface area contributed by atoms with E-state index in [2.05, 4.69) is 34.6 Å². The van der Waals surface area contributed by atoms with E-state index in [9.17, 15) is 0 Å². The monoisotopic (exact) mass is 353 g/mol. The Hall–Kier alpha value is -2.69. The van der Waals surface area contributed by atoms with Crippen molar-refractivity contribution in [3.05, 3.63) is 59.7 Å². The Morgan fingerprint density at radius 2 is 1.81 bits per heavy atom. The molecule has 0 aromatic heterocycles. The Kier molecular flexibility index (Phi) is 5.66. The number of aliphatic imine (C=N–C) groups is 1. The number of hydrogen-bond donors (Lipinski definition) is 2. The zero-order valence-electron chi connectivity index (χ0n) is 15.5. The first-order chi connectivity index (χ1) is 12.7. The van der Waals surface area contributed by atoms with Gasteiger partial charge in [-0.3, -0.25) is 4.99 Å². The highest BCUT2D eigenvalue weighted by Crippen LogP contribution is 2.48. The second-order valence-corrected chi connectivity index (χ2v) is 6.71. The smallest absolute Gasteiger partial charge is 0.188 e. The van der Waals surface area contributed by atoms with Gasteiger partial charge in [-0.2, -0.15) is 0 Å². The summed E-state index contributed by atoms with van der Waals surface area (Å²) in [6.45, 7) is 1.47. The summed E-state index contributed by atoms with van der Waals surface area (Å²) in [6.07, 6.45) is 3.19. The number of benzene rings is 2. The summed E-state index contributed by atoms with van der Waals surface area (Å²) in [5, 5.41) is 3.20. The van der Waals surface area contributed by atoms with E-state index in [1.807, 2.05) is 24.3 Å². The molecule has 26 heavy (non-hydrogen) atoms. The van der Waals surface area contributed by atoms with Crippen LogP contribution in [0, 0.1) is 0 Å². The second-order valence-electron chi connectivity index (χ2n) is 6.71. The molecule has 2 aromatic rings. The third kappa shape index (κ3) is 4.28. The predicted octanol–water partition coefficient (Wildman–Crippen LogP) is 2.88. The minimum Gasteiger partial charge on any atom is -0.493 e. The van der Waals surface area contributed by atoms with Gasteiger partial charge in [0.2, 0.25) is 0 Å². The number of guanidine groups is 1. The Bertz CT molecular complexity index is 755. The Balaban J connectivity index is 1.50. The molecule has 0 aliphatic heterocycles. The number of hydrogen-bond acceptors (Lipinski definition) is 3. The van der Waals surface area contributed by atoms with Crippen molar-refractivity contribution in [3.8, 4) is 11.5 Å². The molecule has 0 unspecified atom stereocenters. The summed E-state index contributed by atoms with van der Waals surface area (Å²) < 4.78 is 10.6. The molecule has 0 radical (unpaired) electrons. The molecular weight excluding hydrogens is 326 g/mol. The van der Waals surface area contributed by atoms with Gasteiger partial charge < -0.3 is 20.5 Å². The van der Waals surface area contributed by atoms with Crippen LogP contribution in [0.2, 0.25) is 0 Å². The van der Waals surface area contributed by atoms with Crippen LogP contribution < -0.4 is 20.5 Å². The van der Waals surface area contributed by atoms with Crippen molar-refractivity contribution in [1.29, 1.82) is 0 Å². The first kappa shape index (κ1) is 18.1. The zero-order valence-corrected chi connectivity index (χ0v) is 15.5. The lowest BCUT2D eigenvalue weighted by atomic mass is 9.96. The fourth-order valence-corrected chi connectivity index (χ4v) is 3.14. The number of rotatable bonds is 8. The topological polar surface area (TPSA) is 68.9 Å². The van der Waals surface area contributed by atoms with Crippen molar-refractivity contribution in [3.63, 3.8) is 0 Å². The van der Waals surface area contributed by atoms with Crippen molar-refractivity contribution in [2.75, 3.05) is 27.3 Å². The molecule has 5 nitrogen and oxygen atoms in total. The molecule has 0 saturated heterocycles. The number of nitrogens with one attached hydrogen (secondary N) is 1. The molecule has 5 heteroatoms. The predicted molar refractivity (Wildman–Crippen MR) is 105 cm³/mol. The Morgan fingerprint density at radius 3 is 2.46 bits per heavy atom. The highest BCUT2D eigenvalue weighted by atomic mass is 16.5. The third-order valence-electron chi connectivity index (χ3n) is 4.96. The average molecular weight is 353 g/mol. The van der Waals surface area contributed by atoms with Gasteiger partial charge in [0, 0.05) is 12.0 Å². The van der Waals surface area contributed by atoms with Gasteiger partial charge in [0.1, 0.15) is 0 Å². The molecule has 1 fully saturated rings. The number of nitrogens with zero attached hydrogens (tertiary/aromatic N) is 1. The van der Waals surface area contributed by atoms with Crippen molar-refractivity contribution in [2.45, 2.75) is 24.7 Å². The summed E-state index contributed by atoms with van der Waals surface area (Å²) in [5.41, 5.74) is 8.76. The minimum absolute atomic E-state index is 0.191. The van der Waals surface area contributed by atoms with Crippen molar-refractivity contribution in [2.24, 2.45) is 10.7 Å². The van der Waals surface area contributed by atoms with Crippen LogP contribution in [-0.4, -0.2) is 33.3 Å². The van der Waals surface area contributed by atoms with Gasteiger partial charge in [-0.1, -0.05) is 36.4 Å². The molecule has 1 aliphatic rings. The van der Waals surface area contributed by atoms with Crippen LogP contribution >= 0.6 is 0 Å². The molecule has 138 valence electrons. The maximum Gasteiger partial charge on any atom is 0.188 e. The van der Waals surface area contributed by atoms with Gasteiger partial charge >= 0.3 is 0 Å². The first-order valence-corrected chi connectivity index (χ1v) is 8.97. The molecule has 0 bridgehead atoms. The number of methoxy groups -OCH3 is 2. The average Bonchev–Trinajstić information content (AvgIpc) is 3.48. The van der Waals surface area contributed by atoms with Gasteiger partial charge in [-0.25, -0.2) is 0 Å². The van der Waals surface area contributed by atoms with Crippen LogP contribution in [0.4, 0.5) is 0 Å². The van der Waals surface area contributed by atoms with E-state index in [0.717, 1.165) is 36.6 Å². The van der Waals surface area contributed by atoms with Crippen LogP contribution in [0.5, 0.6) is 11.5 Å². The second kappa shape index (κ2) is 8.13. The van der Waals surface area contributed by atoms with Crippen LogP contribution in [0.1, 0.15) is 24.0 Å². The van der Waals surface area contributed by atoms with Crippen molar-refractivity contribution in [1.82, 2.24) is 5.32 Å². The van der Waals surface area contributed by atoms with Gasteiger partial charge in [0.15, 0.2) is 17.5 Å². The summed E-state index contributed by atoms with van der Waals surface area (Å²) in [5.74, 6) is 1.98. The Labute approximate surface area is 155 Å². The molecule has 1 saturated carbocycles. The van der Waals surface area contributed by atoms with Gasteiger partial charge in [0.05, 0.1) is 20.8 Å². The summed E-state index contributed by atoms with van der Waals surface area (Å²) in [7, 11) is 3.28. The summed E-state index contributed by atoms with van der Waals surface area (Å²) in [4.78, 5) is 4.57. The van der Waals surface area contributed by atoms with E-state index in [1.165, 1.54) is 18.4 Å². The first-order valence-electron chi connectivity index (χ1n) is 8.97. The fourth-order valence-electron chi connectivity index (χ4n) is 3.14. The van der Waals surface area contributed by atoms with Crippen LogP contribution in [0.25, 0.3) is 0 Å². The van der Waals surface area contributed by atoms with E-state index < -0.39 is 0 Å². The quantitative estimate of drug-likeness (QED) is 0.566. The van der Waals surface area contributed by atoms with Gasteiger partial charge in [0.25, 0.3) is 0 Å². The van der Waals surface area contributed by atoms with Crippen molar-refractivity contribution >= 4 is 5.96 Å². The molecular formula is C21H27N3O2. The highest BCUT2D eigenvalue weighted by Gasteiger charge is 2.43. The standard InChI is InChI=1S/C21H27N3O2/c1-25-18-9-8-16(14-19(18)26-2)10-13-23-20(22)24-15-21(11-12-21)17-6-4-3-5-7-17/h3-9,14H,10-13,15H2,1-2H3,(H3,22,23,24). The fraction of sp³-hybridized carbons (Fsp3) is 0.381. The molecule has 2 aromatic carbocycles. The lowest BCUT2D eigenvalue weighted by Crippen LogP contribution is -2.34. The Morgan fingerprint density at radius 1 is 1.08 bits per heavy atom. The molecule has 1 aliphatic carbocycles. The van der Waals surface area contributed by atoms with Crippen LogP contribution in [0.15, 0.2) is 53.5 Å². The highest BCUT2D eigenvalue weighted by molar-refractivity contribution is 5.77. The van der Waals surface area contributed by atoms with Gasteiger partial charge in [-0.15, -0.1) is 0 Å². The summed E-state index contributed by atoms with van der Waals surface area (Å²) in [6, 6.07) is 16.5. The van der Waals surface area contributed by atoms with E-state index in [-0.39, 0.29) is 5.41 Å². The molecule has 0 heterocycles. The normalized spacial score (nSPS) is 15.4.